The molecule has 0 saturated carbocycles. The lowest BCUT2D eigenvalue weighted by atomic mass is 9.98. The fourth-order valence-electron chi connectivity index (χ4n) is 4.81. The van der Waals surface area contributed by atoms with E-state index >= 15 is 4.39 Å². The van der Waals surface area contributed by atoms with Crippen LogP contribution in [0.4, 0.5) is 26.0 Å². The number of ether oxygens (including phenoxy) is 1. The van der Waals surface area contributed by atoms with Crippen LogP contribution in [0, 0.1) is 18.2 Å². The monoisotopic (exact) mass is 564 g/mol. The molecule has 3 aromatic carbocycles. The summed E-state index contributed by atoms with van der Waals surface area (Å²) in [7, 11) is 0. The van der Waals surface area contributed by atoms with Gasteiger partial charge in [0.15, 0.2) is 11.6 Å². The van der Waals surface area contributed by atoms with E-state index < -0.39 is 23.9 Å². The Kier molecular flexibility index (Phi) is 8.43. The van der Waals surface area contributed by atoms with Gasteiger partial charge in [-0.1, -0.05) is 24.3 Å². The van der Waals surface area contributed by atoms with Crippen LogP contribution in [0.15, 0.2) is 48.5 Å². The van der Waals surface area contributed by atoms with Crippen molar-refractivity contribution in [2.75, 3.05) is 54.1 Å². The molecule has 40 heavy (non-hydrogen) atoms. The van der Waals surface area contributed by atoms with Gasteiger partial charge >= 0.3 is 0 Å². The van der Waals surface area contributed by atoms with E-state index in [-0.39, 0.29) is 17.9 Å². The minimum atomic E-state index is -1.60. The van der Waals surface area contributed by atoms with Gasteiger partial charge in [0.25, 0.3) is 0 Å². The van der Waals surface area contributed by atoms with Gasteiger partial charge in [0.05, 0.1) is 36.8 Å². The highest BCUT2D eigenvalue weighted by Gasteiger charge is 2.22. The van der Waals surface area contributed by atoms with Crippen LogP contribution in [0.25, 0.3) is 33.4 Å². The number of anilines is 3. The van der Waals surface area contributed by atoms with Crippen molar-refractivity contribution >= 4 is 45.7 Å². The van der Waals surface area contributed by atoms with Crippen LogP contribution < -0.4 is 15.4 Å². The van der Waals surface area contributed by atoms with E-state index in [9.17, 15) is 8.94 Å². The zero-order chi connectivity index (χ0) is 28.2. The molecule has 1 saturated heterocycles. The summed E-state index contributed by atoms with van der Waals surface area (Å²) in [6.07, 6.45) is 1.34. The van der Waals surface area contributed by atoms with Crippen molar-refractivity contribution in [3.8, 4) is 22.5 Å². The molecule has 0 bridgehead atoms. The van der Waals surface area contributed by atoms with Crippen molar-refractivity contribution in [3.63, 3.8) is 0 Å². The number of hydrogen-bond donors (Lipinski definition) is 3. The van der Waals surface area contributed by atoms with Gasteiger partial charge < -0.3 is 25.3 Å². The number of rotatable bonds is 9. The maximum atomic E-state index is 15.7. The van der Waals surface area contributed by atoms with E-state index in [2.05, 4.69) is 9.62 Å². The maximum Gasteiger partial charge on any atom is 0.162 e. The standard InChI is InChI=1S/C29H30F2N6O2S/c1-18-15-19(20-5-3-8-25(26(20)31)36-40(38)14-4-9-30)16-22-27(18)34-28(21-6-2-7-24(33)23(21)17-32)35-29(22)37-10-12-39-13-11-37/h2-3,5-8,15-17,32,36H,4,9-14,33H2,1H3. The van der Waals surface area contributed by atoms with Gasteiger partial charge in [-0.25, -0.2) is 19.1 Å². The third-order valence-electron chi connectivity index (χ3n) is 6.80. The van der Waals surface area contributed by atoms with Gasteiger partial charge in [0.2, 0.25) is 0 Å². The van der Waals surface area contributed by atoms with Crippen molar-refractivity contribution in [1.29, 1.82) is 5.41 Å². The Balaban J connectivity index is 1.66. The molecule has 0 aliphatic carbocycles. The second-order valence-electron chi connectivity index (χ2n) is 9.47. The molecule has 4 aromatic rings. The van der Waals surface area contributed by atoms with Crippen molar-refractivity contribution in [2.45, 2.75) is 13.3 Å². The molecule has 4 N–H and O–H groups in total. The predicted molar refractivity (Wildman–Crippen MR) is 158 cm³/mol. The molecule has 0 radical (unpaired) electrons. The maximum absolute atomic E-state index is 15.7. The van der Waals surface area contributed by atoms with E-state index in [0.717, 1.165) is 10.9 Å². The van der Waals surface area contributed by atoms with E-state index in [1.807, 2.05) is 31.2 Å². The summed E-state index contributed by atoms with van der Waals surface area (Å²) in [4.78, 5) is 12.0. The molecule has 11 heteroatoms. The third kappa shape index (κ3) is 5.58. The zero-order valence-electron chi connectivity index (χ0n) is 22.0. The number of benzene rings is 3. The first-order valence-electron chi connectivity index (χ1n) is 13.0. The first kappa shape index (κ1) is 27.8. The second-order valence-corrected chi connectivity index (χ2v) is 10.8. The van der Waals surface area contributed by atoms with Gasteiger partial charge in [-0.2, -0.15) is 0 Å². The Morgan fingerprint density at radius 2 is 1.90 bits per heavy atom. The first-order chi connectivity index (χ1) is 19.4. The summed E-state index contributed by atoms with van der Waals surface area (Å²) in [5.41, 5.74) is 10.4. The Morgan fingerprint density at radius 3 is 2.65 bits per heavy atom. The molecule has 1 fully saturated rings. The molecule has 0 spiro atoms. The summed E-state index contributed by atoms with van der Waals surface area (Å²) in [6.45, 7) is 3.68. The largest absolute Gasteiger partial charge is 0.593 e. The van der Waals surface area contributed by atoms with Crippen LogP contribution in [0.5, 0.6) is 0 Å². The van der Waals surface area contributed by atoms with E-state index in [1.54, 1.807) is 18.2 Å². The average molecular weight is 565 g/mol. The Bertz CT molecular complexity index is 1550. The normalized spacial score (nSPS) is 14.3. The minimum Gasteiger partial charge on any atom is -0.593 e. The number of aromatic nitrogens is 2. The second kappa shape index (κ2) is 12.2. The van der Waals surface area contributed by atoms with Crippen molar-refractivity contribution in [1.82, 2.24) is 9.97 Å². The molecule has 8 nitrogen and oxygen atoms in total. The molecular weight excluding hydrogens is 534 g/mol. The van der Waals surface area contributed by atoms with E-state index in [0.29, 0.717) is 71.4 Å². The predicted octanol–water partition coefficient (Wildman–Crippen LogP) is 5.26. The van der Waals surface area contributed by atoms with Gasteiger partial charge in [-0.3, -0.25) is 4.39 Å². The SMILES string of the molecule is Cc1cc(-c2cccc(N[S+]([O-])CCCF)c2F)cc2c(N3CCOCC3)nc(-c3cccc(N)c3C=N)nc12. The lowest BCUT2D eigenvalue weighted by Gasteiger charge is -2.29. The number of nitrogens with one attached hydrogen (secondary N) is 2. The van der Waals surface area contributed by atoms with Gasteiger partial charge in [0.1, 0.15) is 17.3 Å². The van der Waals surface area contributed by atoms with Crippen molar-refractivity contribution in [2.24, 2.45) is 0 Å². The number of fused-ring (bicyclic) bond motifs is 1. The highest BCUT2D eigenvalue weighted by Crippen LogP contribution is 2.37. The quantitative estimate of drug-likeness (QED) is 0.144. The minimum absolute atomic E-state index is 0.0879. The molecule has 208 valence electrons. The number of hydrogen-bond acceptors (Lipinski definition) is 8. The highest BCUT2D eigenvalue weighted by molar-refractivity contribution is 7.92. The van der Waals surface area contributed by atoms with Crippen LogP contribution in [0.2, 0.25) is 0 Å². The molecule has 0 amide bonds. The summed E-state index contributed by atoms with van der Waals surface area (Å²) in [5.74, 6) is 0.679. The van der Waals surface area contributed by atoms with Crippen LogP contribution >= 0.6 is 0 Å². The molecular formula is C29H30F2N6O2S. The Morgan fingerprint density at radius 1 is 1.15 bits per heavy atom. The summed E-state index contributed by atoms with van der Waals surface area (Å²) in [6, 6.07) is 14.0. The summed E-state index contributed by atoms with van der Waals surface area (Å²) in [5, 5.41) is 8.66. The molecule has 1 aliphatic heterocycles. The highest BCUT2D eigenvalue weighted by atomic mass is 32.2. The number of nitrogen functional groups attached to an aromatic ring is 1. The molecule has 1 atom stereocenters. The van der Waals surface area contributed by atoms with Gasteiger partial charge in [-0.05, 0) is 42.3 Å². The number of morpholine rings is 1. The number of aryl methyl sites for hydroxylation is 1. The molecule has 5 rings (SSSR count). The number of nitrogens with two attached hydrogens (primary N) is 1. The fraction of sp³-hybridized carbons (Fsp3) is 0.276. The van der Waals surface area contributed by atoms with Crippen LogP contribution in [0.1, 0.15) is 17.5 Å². The molecule has 2 heterocycles. The van der Waals surface area contributed by atoms with E-state index in [4.69, 9.17) is 25.8 Å². The van der Waals surface area contributed by atoms with Crippen molar-refractivity contribution < 1.29 is 18.1 Å². The lowest BCUT2D eigenvalue weighted by molar-refractivity contribution is 0.122. The Hall–Kier alpha value is -3.80. The molecule has 1 aliphatic rings. The van der Waals surface area contributed by atoms with Crippen molar-refractivity contribution in [3.05, 3.63) is 65.5 Å². The zero-order valence-corrected chi connectivity index (χ0v) is 22.9. The van der Waals surface area contributed by atoms with Gasteiger partial charge in [0, 0.05) is 53.5 Å². The molecule has 1 unspecified atom stereocenters. The number of alkyl halides is 1. The lowest BCUT2D eigenvalue weighted by Crippen LogP contribution is -2.37. The summed E-state index contributed by atoms with van der Waals surface area (Å²) >= 11 is -1.60. The summed E-state index contributed by atoms with van der Waals surface area (Å²) < 4.78 is 48.6. The first-order valence-corrected chi connectivity index (χ1v) is 14.3. The third-order valence-corrected chi connectivity index (χ3v) is 7.91. The van der Waals surface area contributed by atoms with Crippen LogP contribution in [0.3, 0.4) is 0 Å². The average Bonchev–Trinajstić information content (AvgIpc) is 2.97. The molecule has 1 aromatic heterocycles. The number of nitrogens with zero attached hydrogens (tertiary/aromatic N) is 3. The van der Waals surface area contributed by atoms with Crippen LogP contribution in [-0.2, 0) is 16.1 Å². The topological polar surface area (TPSA) is 123 Å². The number of halogens is 2. The fourth-order valence-corrected chi connectivity index (χ4v) is 5.69. The Labute approximate surface area is 234 Å². The van der Waals surface area contributed by atoms with Crippen LogP contribution in [-0.4, -0.2) is 59.5 Å². The van der Waals surface area contributed by atoms with E-state index in [1.165, 1.54) is 12.3 Å². The van der Waals surface area contributed by atoms with Gasteiger partial charge in [-0.15, -0.1) is 0 Å². The smallest absolute Gasteiger partial charge is 0.162 e.